The molecule has 1 aromatic carbocycles. The van der Waals surface area contributed by atoms with Crippen molar-refractivity contribution in [3.05, 3.63) is 42.5 Å². The molecular weight excluding hydrogens is 254 g/mol. The summed E-state index contributed by atoms with van der Waals surface area (Å²) in [5, 5.41) is 2.79. The van der Waals surface area contributed by atoms with Gasteiger partial charge in [0.1, 0.15) is 11.4 Å². The molecule has 0 aromatic heterocycles. The zero-order valence-electron chi connectivity index (χ0n) is 12.6. The first-order chi connectivity index (χ1) is 9.34. The Kier molecular flexibility index (Phi) is 5.62. The van der Waals surface area contributed by atoms with Crippen molar-refractivity contribution in [2.45, 2.75) is 38.8 Å². The number of amides is 1. The predicted octanol–water partition coefficient (Wildman–Crippen LogP) is 3.32. The highest BCUT2D eigenvalue weighted by molar-refractivity contribution is 5.68. The molecule has 1 aromatic rings. The van der Waals surface area contributed by atoms with Crippen molar-refractivity contribution in [1.82, 2.24) is 5.32 Å². The number of methoxy groups -OCH3 is 1. The summed E-state index contributed by atoms with van der Waals surface area (Å²) >= 11 is 0. The number of hydrogen-bond acceptors (Lipinski definition) is 3. The van der Waals surface area contributed by atoms with Crippen molar-refractivity contribution in [2.24, 2.45) is 0 Å². The third kappa shape index (κ3) is 5.78. The normalized spacial score (nSPS) is 12.4. The van der Waals surface area contributed by atoms with Gasteiger partial charge < -0.3 is 14.8 Å². The summed E-state index contributed by atoms with van der Waals surface area (Å²) < 4.78 is 10.3. The van der Waals surface area contributed by atoms with Crippen LogP contribution in [0.5, 0.6) is 5.75 Å². The van der Waals surface area contributed by atoms with Gasteiger partial charge in [0.05, 0.1) is 13.2 Å². The first-order valence-electron chi connectivity index (χ1n) is 6.59. The average molecular weight is 277 g/mol. The Morgan fingerprint density at radius 1 is 1.35 bits per heavy atom. The second-order valence-corrected chi connectivity index (χ2v) is 5.54. The van der Waals surface area contributed by atoms with E-state index in [9.17, 15) is 4.79 Å². The highest BCUT2D eigenvalue weighted by Gasteiger charge is 2.18. The maximum Gasteiger partial charge on any atom is 0.408 e. The van der Waals surface area contributed by atoms with Crippen molar-refractivity contribution >= 4 is 6.09 Å². The molecule has 0 aliphatic rings. The molecule has 0 heterocycles. The smallest absolute Gasteiger partial charge is 0.408 e. The molecule has 0 unspecified atom stereocenters. The van der Waals surface area contributed by atoms with Crippen LogP contribution in [0.3, 0.4) is 0 Å². The number of carbonyl (C=O) groups is 1. The second kappa shape index (κ2) is 6.98. The Bertz CT molecular complexity index is 446. The lowest BCUT2D eigenvalue weighted by Gasteiger charge is -2.22. The van der Waals surface area contributed by atoms with Gasteiger partial charge in [0, 0.05) is 0 Å². The van der Waals surface area contributed by atoms with E-state index in [1.807, 2.05) is 45.0 Å². The zero-order valence-corrected chi connectivity index (χ0v) is 12.6. The van der Waals surface area contributed by atoms with Crippen LogP contribution in [0.4, 0.5) is 4.79 Å². The van der Waals surface area contributed by atoms with Crippen LogP contribution >= 0.6 is 0 Å². The van der Waals surface area contributed by atoms with Crippen molar-refractivity contribution in [1.29, 1.82) is 0 Å². The molecule has 0 aliphatic heterocycles. The van der Waals surface area contributed by atoms with E-state index in [0.29, 0.717) is 6.42 Å². The van der Waals surface area contributed by atoms with Crippen LogP contribution in [0, 0.1) is 0 Å². The summed E-state index contributed by atoms with van der Waals surface area (Å²) in [6.45, 7) is 9.24. The predicted molar refractivity (Wildman–Crippen MR) is 80.1 cm³/mol. The van der Waals surface area contributed by atoms with E-state index in [-0.39, 0.29) is 6.04 Å². The van der Waals surface area contributed by atoms with E-state index in [2.05, 4.69) is 11.9 Å². The molecule has 0 spiro atoms. The van der Waals surface area contributed by atoms with Crippen LogP contribution in [0.1, 0.15) is 26.3 Å². The number of rotatable bonds is 5. The highest BCUT2D eigenvalue weighted by atomic mass is 16.6. The number of ether oxygens (including phenoxy) is 2. The van der Waals surface area contributed by atoms with Gasteiger partial charge in [-0.05, 0) is 44.9 Å². The lowest BCUT2D eigenvalue weighted by atomic mass is 10.1. The third-order valence-electron chi connectivity index (χ3n) is 2.60. The molecule has 1 rings (SSSR count). The van der Waals surface area contributed by atoms with Crippen molar-refractivity contribution in [2.75, 3.05) is 7.11 Å². The van der Waals surface area contributed by atoms with Gasteiger partial charge in [0.2, 0.25) is 0 Å². The van der Waals surface area contributed by atoms with Crippen molar-refractivity contribution in [3.63, 3.8) is 0 Å². The van der Waals surface area contributed by atoms with Gasteiger partial charge in [-0.2, -0.15) is 0 Å². The fourth-order valence-electron chi connectivity index (χ4n) is 1.67. The first kappa shape index (κ1) is 16.1. The molecule has 4 heteroatoms. The molecule has 1 N–H and O–H groups in total. The van der Waals surface area contributed by atoms with Gasteiger partial charge in [-0.3, -0.25) is 0 Å². The fourth-order valence-corrected chi connectivity index (χ4v) is 1.67. The standard InChI is InChI=1S/C16H23NO3/c1-6-13(17-15(18)20-16(2,3)4)11-12-7-9-14(19-5)10-8-12/h6-10,13H,1,11H2,2-5H3,(H,17,18)/t13-/m0/s1. The number of benzene rings is 1. The van der Waals surface area contributed by atoms with Gasteiger partial charge in [-0.25, -0.2) is 4.79 Å². The van der Waals surface area contributed by atoms with Crippen LogP contribution in [-0.4, -0.2) is 24.8 Å². The Morgan fingerprint density at radius 2 is 1.95 bits per heavy atom. The van der Waals surface area contributed by atoms with E-state index in [1.54, 1.807) is 13.2 Å². The maximum absolute atomic E-state index is 11.7. The Hall–Kier alpha value is -1.97. The van der Waals surface area contributed by atoms with Gasteiger partial charge in [0.15, 0.2) is 0 Å². The Balaban J connectivity index is 2.58. The highest BCUT2D eigenvalue weighted by Crippen LogP contribution is 2.13. The minimum absolute atomic E-state index is 0.168. The third-order valence-corrected chi connectivity index (χ3v) is 2.60. The zero-order chi connectivity index (χ0) is 15.2. The number of alkyl carbamates (subject to hydrolysis) is 1. The molecule has 110 valence electrons. The molecular formula is C16H23NO3. The molecule has 1 amide bonds. The lowest BCUT2D eigenvalue weighted by molar-refractivity contribution is 0.0514. The average Bonchev–Trinajstić information content (AvgIpc) is 2.36. The van der Waals surface area contributed by atoms with Crippen LogP contribution in [-0.2, 0) is 11.2 Å². The number of carbonyl (C=O) groups excluding carboxylic acids is 1. The monoisotopic (exact) mass is 277 g/mol. The first-order valence-corrected chi connectivity index (χ1v) is 6.59. The fraction of sp³-hybridized carbons (Fsp3) is 0.438. The summed E-state index contributed by atoms with van der Waals surface area (Å²) in [6.07, 6.45) is 1.93. The maximum atomic E-state index is 11.7. The summed E-state index contributed by atoms with van der Waals surface area (Å²) in [4.78, 5) is 11.7. The van der Waals surface area contributed by atoms with E-state index in [4.69, 9.17) is 9.47 Å². The summed E-state index contributed by atoms with van der Waals surface area (Å²) in [5.74, 6) is 0.809. The van der Waals surface area contributed by atoms with Gasteiger partial charge in [0.25, 0.3) is 0 Å². The topological polar surface area (TPSA) is 47.6 Å². The minimum Gasteiger partial charge on any atom is -0.497 e. The SMILES string of the molecule is C=C[C@@H](Cc1ccc(OC)cc1)NC(=O)OC(C)(C)C. The summed E-state index contributed by atoms with van der Waals surface area (Å²) in [5.41, 5.74) is 0.586. The molecule has 20 heavy (non-hydrogen) atoms. The molecule has 0 bridgehead atoms. The Morgan fingerprint density at radius 3 is 2.40 bits per heavy atom. The van der Waals surface area contributed by atoms with Crippen LogP contribution in [0.15, 0.2) is 36.9 Å². The minimum atomic E-state index is -0.504. The van der Waals surface area contributed by atoms with E-state index < -0.39 is 11.7 Å². The van der Waals surface area contributed by atoms with E-state index in [0.717, 1.165) is 11.3 Å². The van der Waals surface area contributed by atoms with Crippen LogP contribution < -0.4 is 10.1 Å². The van der Waals surface area contributed by atoms with Crippen molar-refractivity contribution in [3.8, 4) is 5.75 Å². The number of nitrogens with one attached hydrogen (secondary N) is 1. The van der Waals surface area contributed by atoms with Gasteiger partial charge in [-0.15, -0.1) is 6.58 Å². The molecule has 0 radical (unpaired) electrons. The molecule has 4 nitrogen and oxygen atoms in total. The quantitative estimate of drug-likeness (QED) is 0.840. The molecule has 0 saturated heterocycles. The summed E-state index contributed by atoms with van der Waals surface area (Å²) in [6, 6.07) is 7.54. The molecule has 0 fully saturated rings. The second-order valence-electron chi connectivity index (χ2n) is 5.54. The number of hydrogen-bond donors (Lipinski definition) is 1. The van der Waals surface area contributed by atoms with Crippen molar-refractivity contribution < 1.29 is 14.3 Å². The molecule has 0 aliphatic carbocycles. The largest absolute Gasteiger partial charge is 0.497 e. The molecule has 0 saturated carbocycles. The van der Waals surface area contributed by atoms with Crippen LogP contribution in [0.2, 0.25) is 0 Å². The van der Waals surface area contributed by atoms with Gasteiger partial charge in [-0.1, -0.05) is 18.2 Å². The van der Waals surface area contributed by atoms with E-state index in [1.165, 1.54) is 0 Å². The summed E-state index contributed by atoms with van der Waals surface area (Å²) in [7, 11) is 1.63. The molecule has 1 atom stereocenters. The van der Waals surface area contributed by atoms with Gasteiger partial charge >= 0.3 is 6.09 Å². The van der Waals surface area contributed by atoms with E-state index >= 15 is 0 Å². The Labute approximate surface area is 120 Å². The lowest BCUT2D eigenvalue weighted by Crippen LogP contribution is -2.39. The van der Waals surface area contributed by atoms with Crippen LogP contribution in [0.25, 0.3) is 0 Å².